The molecule has 1 amide bonds. The summed E-state index contributed by atoms with van der Waals surface area (Å²) in [5, 5.41) is 65.0. The number of hydrogen-bond donors (Lipinski definition) is 7. The second kappa shape index (κ2) is 26.0. The van der Waals surface area contributed by atoms with Crippen LogP contribution in [0, 0.1) is 0 Å². The highest BCUT2D eigenvalue weighted by atomic mass is 16.5. The Labute approximate surface area is 289 Å². The minimum absolute atomic E-state index is 0.251. The average Bonchev–Trinajstić information content (AvgIpc) is 3.09. The highest BCUT2D eigenvalue weighted by Gasteiger charge is 2.42. The van der Waals surface area contributed by atoms with Gasteiger partial charge < -0.3 is 40.7 Å². The molecule has 1 aromatic carbocycles. The number of rotatable bonds is 27. The molecule has 276 valence electrons. The number of unbranched alkanes of at least 4 members (excludes halogenated alkanes) is 15. The van der Waals surface area contributed by atoms with E-state index in [1.807, 2.05) is 6.07 Å². The normalized spacial score (nSPS) is 23.3. The summed E-state index contributed by atoms with van der Waals surface area (Å²) in [7, 11) is 0. The second-order valence-electron chi connectivity index (χ2n) is 13.8. The van der Waals surface area contributed by atoms with Gasteiger partial charge >= 0.3 is 0 Å². The van der Waals surface area contributed by atoms with Crippen molar-refractivity contribution in [2.75, 3.05) is 6.61 Å². The molecule has 1 aliphatic rings. The summed E-state index contributed by atoms with van der Waals surface area (Å²) < 4.78 is 5.56. The summed E-state index contributed by atoms with van der Waals surface area (Å²) in [6.07, 6.45) is 14.8. The summed E-state index contributed by atoms with van der Waals surface area (Å²) in [6, 6.07) is 9.44. The quantitative estimate of drug-likeness (QED) is 0.0490. The number of carbonyl (C=O) groups is 1. The predicted molar refractivity (Wildman–Crippen MR) is 190 cm³/mol. The zero-order valence-electron chi connectivity index (χ0n) is 29.5. The summed E-state index contributed by atoms with van der Waals surface area (Å²) in [6.45, 7) is 1.68. The molecule has 48 heavy (non-hydrogen) atoms. The van der Waals surface area contributed by atoms with Crippen LogP contribution in [0.2, 0.25) is 0 Å². The van der Waals surface area contributed by atoms with Gasteiger partial charge in [-0.1, -0.05) is 146 Å². The maximum absolute atomic E-state index is 12.9. The van der Waals surface area contributed by atoms with Gasteiger partial charge in [0.2, 0.25) is 5.91 Å². The van der Waals surface area contributed by atoms with E-state index < -0.39 is 55.4 Å². The lowest BCUT2D eigenvalue weighted by molar-refractivity contribution is -0.216. The van der Waals surface area contributed by atoms with E-state index in [2.05, 4.69) is 36.5 Å². The van der Waals surface area contributed by atoms with Gasteiger partial charge in [0.05, 0.1) is 18.8 Å². The Bertz CT molecular complexity index is 961. The maximum atomic E-state index is 12.9. The van der Waals surface area contributed by atoms with Crippen LogP contribution in [-0.2, 0) is 16.0 Å². The van der Waals surface area contributed by atoms with Gasteiger partial charge in [0.15, 0.2) is 0 Å². The summed E-state index contributed by atoms with van der Waals surface area (Å²) in [5.74, 6) is -0.251. The molecule has 0 aliphatic carbocycles. The van der Waals surface area contributed by atoms with Crippen LogP contribution in [0.5, 0.6) is 0 Å². The second-order valence-corrected chi connectivity index (χ2v) is 13.8. The number of aliphatic hydroxyl groups is 6. The van der Waals surface area contributed by atoms with Crippen molar-refractivity contribution in [3.05, 3.63) is 48.0 Å². The molecule has 8 atom stereocenters. The van der Waals surface area contributed by atoms with E-state index in [1.54, 1.807) is 0 Å². The smallest absolute Gasteiger partial charge is 0.220 e. The van der Waals surface area contributed by atoms with Crippen molar-refractivity contribution >= 4 is 5.91 Å². The number of nitrogens with one attached hydrogen (secondary N) is 1. The summed E-state index contributed by atoms with van der Waals surface area (Å²) in [4.78, 5) is 12.9. The first kappa shape index (κ1) is 42.3. The van der Waals surface area contributed by atoms with Crippen LogP contribution in [-0.4, -0.2) is 91.9 Å². The van der Waals surface area contributed by atoms with Crippen molar-refractivity contribution in [3.8, 4) is 0 Å². The van der Waals surface area contributed by atoms with Crippen molar-refractivity contribution in [3.63, 3.8) is 0 Å². The number of benzene rings is 1. The topological polar surface area (TPSA) is 160 Å². The minimum atomic E-state index is -1.53. The molecule has 1 saturated heterocycles. The Morgan fingerprint density at radius 2 is 1.33 bits per heavy atom. The van der Waals surface area contributed by atoms with Crippen molar-refractivity contribution in [2.24, 2.45) is 0 Å². The van der Waals surface area contributed by atoms with E-state index in [0.29, 0.717) is 12.8 Å². The van der Waals surface area contributed by atoms with E-state index in [-0.39, 0.29) is 12.3 Å². The third-order valence-electron chi connectivity index (χ3n) is 9.59. The van der Waals surface area contributed by atoms with Crippen LogP contribution < -0.4 is 5.32 Å². The number of amides is 1. The molecule has 1 fully saturated rings. The van der Waals surface area contributed by atoms with Gasteiger partial charge in [0.25, 0.3) is 0 Å². The Morgan fingerprint density at radius 1 is 0.771 bits per heavy atom. The van der Waals surface area contributed by atoms with Gasteiger partial charge in [-0.3, -0.25) is 4.79 Å². The largest absolute Gasteiger partial charge is 0.394 e. The van der Waals surface area contributed by atoms with Gasteiger partial charge in [0.1, 0.15) is 36.6 Å². The average molecular weight is 678 g/mol. The standard InChI is InChI=1S/C39H67NO8/c1-2-3-4-5-6-7-8-9-10-11-14-20-25-32(42)36(44)31(27-28-33-37(45)39(47)38(46)34(29-41)48-33)40-35(43)26-21-15-12-13-17-22-30-23-18-16-19-24-30/h16,18-19,23-24,27-28,31-34,36-39,41-42,44-47H,2-15,17,20-22,25-26,29H2,1H3,(H,40,43)/b28-27+/t31-,32+,33+,34?,36-,37+,38-,39?/m0/s1. The molecule has 0 radical (unpaired) electrons. The minimum Gasteiger partial charge on any atom is -0.394 e. The molecular weight excluding hydrogens is 610 g/mol. The van der Waals surface area contributed by atoms with Crippen LogP contribution in [0.1, 0.15) is 134 Å². The SMILES string of the molecule is CCCCCCCCCCCCCC[C@@H](O)[C@@H](O)[C@H](/C=C/[C@H]1OC(CO)[C@H](O)C(O)[C@@H]1O)NC(=O)CCCCCCCc1ccccc1. The zero-order chi connectivity index (χ0) is 35.0. The molecule has 7 N–H and O–H groups in total. The van der Waals surface area contributed by atoms with Crippen molar-refractivity contribution in [2.45, 2.75) is 184 Å². The Hall–Kier alpha value is -1.85. The van der Waals surface area contributed by atoms with Crippen LogP contribution in [0.3, 0.4) is 0 Å². The number of aliphatic hydroxyl groups excluding tert-OH is 6. The van der Waals surface area contributed by atoms with Gasteiger partial charge in [-0.25, -0.2) is 0 Å². The predicted octanol–water partition coefficient (Wildman–Crippen LogP) is 5.27. The fourth-order valence-electron chi connectivity index (χ4n) is 6.42. The molecule has 2 unspecified atom stereocenters. The van der Waals surface area contributed by atoms with Crippen LogP contribution in [0.25, 0.3) is 0 Å². The Balaban J connectivity index is 1.80. The monoisotopic (exact) mass is 677 g/mol. The lowest BCUT2D eigenvalue weighted by atomic mass is 9.93. The molecule has 0 saturated carbocycles. The first-order valence-corrected chi connectivity index (χ1v) is 19.0. The maximum Gasteiger partial charge on any atom is 0.220 e. The molecule has 9 nitrogen and oxygen atoms in total. The molecule has 1 aromatic rings. The van der Waals surface area contributed by atoms with Crippen molar-refractivity contribution in [1.82, 2.24) is 5.32 Å². The molecule has 0 bridgehead atoms. The Morgan fingerprint density at radius 3 is 1.94 bits per heavy atom. The van der Waals surface area contributed by atoms with Gasteiger partial charge in [-0.2, -0.15) is 0 Å². The molecule has 1 heterocycles. The van der Waals surface area contributed by atoms with Crippen LogP contribution >= 0.6 is 0 Å². The zero-order valence-corrected chi connectivity index (χ0v) is 29.5. The highest BCUT2D eigenvalue weighted by molar-refractivity contribution is 5.76. The van der Waals surface area contributed by atoms with Gasteiger partial charge in [0, 0.05) is 6.42 Å². The molecular formula is C39H67NO8. The lowest BCUT2D eigenvalue weighted by Gasteiger charge is -2.39. The number of carbonyl (C=O) groups excluding carboxylic acids is 1. The molecule has 9 heteroatoms. The van der Waals surface area contributed by atoms with E-state index in [4.69, 9.17) is 4.74 Å². The Kier molecular flexibility index (Phi) is 22.9. The van der Waals surface area contributed by atoms with Crippen LogP contribution in [0.15, 0.2) is 42.5 Å². The lowest BCUT2D eigenvalue weighted by Crippen LogP contribution is -2.58. The van der Waals surface area contributed by atoms with Gasteiger partial charge in [-0.05, 0) is 31.2 Å². The van der Waals surface area contributed by atoms with Gasteiger partial charge in [-0.15, -0.1) is 0 Å². The number of aryl methyl sites for hydroxylation is 1. The van der Waals surface area contributed by atoms with Crippen molar-refractivity contribution in [1.29, 1.82) is 0 Å². The van der Waals surface area contributed by atoms with Crippen LogP contribution in [0.4, 0.5) is 0 Å². The first-order chi connectivity index (χ1) is 23.3. The molecule has 0 spiro atoms. The molecule has 2 rings (SSSR count). The fourth-order valence-corrected chi connectivity index (χ4v) is 6.42. The van der Waals surface area contributed by atoms with E-state index >= 15 is 0 Å². The third-order valence-corrected chi connectivity index (χ3v) is 9.59. The van der Waals surface area contributed by atoms with E-state index in [9.17, 15) is 35.4 Å². The van der Waals surface area contributed by atoms with E-state index in [0.717, 1.165) is 51.4 Å². The molecule has 0 aromatic heterocycles. The summed E-state index contributed by atoms with van der Waals surface area (Å²) >= 11 is 0. The fraction of sp³-hybridized carbons (Fsp3) is 0.769. The molecule has 1 aliphatic heterocycles. The van der Waals surface area contributed by atoms with E-state index in [1.165, 1.54) is 75.5 Å². The van der Waals surface area contributed by atoms with Crippen molar-refractivity contribution < 1.29 is 40.2 Å². The highest BCUT2D eigenvalue weighted by Crippen LogP contribution is 2.23. The summed E-state index contributed by atoms with van der Waals surface area (Å²) in [5.41, 5.74) is 1.33. The number of ether oxygens (including phenoxy) is 1. The first-order valence-electron chi connectivity index (χ1n) is 19.0. The third kappa shape index (κ3) is 17.2. The number of hydrogen-bond acceptors (Lipinski definition) is 8.